The van der Waals surface area contributed by atoms with Crippen molar-refractivity contribution in [2.45, 2.75) is 49.0 Å². The van der Waals surface area contributed by atoms with Gasteiger partial charge >= 0.3 is 6.09 Å². The van der Waals surface area contributed by atoms with Gasteiger partial charge in [-0.3, -0.25) is 9.69 Å². The maximum atomic E-state index is 15.2. The van der Waals surface area contributed by atoms with Crippen molar-refractivity contribution >= 4 is 39.3 Å². The van der Waals surface area contributed by atoms with Crippen molar-refractivity contribution in [2.24, 2.45) is 0 Å². The zero-order valence-electron chi connectivity index (χ0n) is 25.5. The molecule has 3 aliphatic rings. The molecule has 0 saturated carbocycles. The molecule has 11 nitrogen and oxygen atoms in total. The summed E-state index contributed by atoms with van der Waals surface area (Å²) in [4.78, 5) is 37.6. The average molecular weight is 654 g/mol. The number of benzene rings is 2. The van der Waals surface area contributed by atoms with Gasteiger partial charge in [0.15, 0.2) is 16.8 Å². The zero-order chi connectivity index (χ0) is 31.9. The minimum atomic E-state index is -4.48. The molecule has 0 spiro atoms. The van der Waals surface area contributed by atoms with Gasteiger partial charge in [0.05, 0.1) is 12.8 Å². The van der Waals surface area contributed by atoms with E-state index in [9.17, 15) is 13.2 Å². The van der Waals surface area contributed by atoms with Crippen LogP contribution < -0.4 is 9.04 Å². The van der Waals surface area contributed by atoms with Gasteiger partial charge in [-0.05, 0) is 80.7 Å². The third kappa shape index (κ3) is 5.33. The molecule has 45 heavy (non-hydrogen) atoms. The first-order valence-corrected chi connectivity index (χ1v) is 16.8. The molecule has 0 radical (unpaired) electrons. The molecule has 1 aromatic heterocycles. The van der Waals surface area contributed by atoms with Crippen LogP contribution in [0.5, 0.6) is 5.75 Å². The SMILES string of the molecule is COc1cc(CN2CCCC2)ccc1C1(N2CCC[C@@H]2OC(=O)N(C)C)C(=O)N(S(=O)(=O)c2ccccn2)c2ccc(Cl)cc21. The Labute approximate surface area is 268 Å². The molecule has 4 heterocycles. The number of hydrogen-bond acceptors (Lipinski definition) is 9. The number of ether oxygens (including phenoxy) is 2. The number of aromatic nitrogens is 1. The van der Waals surface area contributed by atoms with Crippen LogP contribution in [0.15, 0.2) is 65.8 Å². The predicted octanol–water partition coefficient (Wildman–Crippen LogP) is 4.44. The average Bonchev–Trinajstić information content (AvgIpc) is 3.77. The van der Waals surface area contributed by atoms with E-state index < -0.39 is 33.8 Å². The van der Waals surface area contributed by atoms with Gasteiger partial charge in [-0.2, -0.15) is 12.7 Å². The molecular weight excluding hydrogens is 618 g/mol. The van der Waals surface area contributed by atoms with Crippen LogP contribution in [0.2, 0.25) is 5.02 Å². The minimum absolute atomic E-state index is 0.142. The lowest BCUT2D eigenvalue weighted by molar-refractivity contribution is -0.132. The largest absolute Gasteiger partial charge is 0.496 e. The number of sulfonamides is 1. The summed E-state index contributed by atoms with van der Waals surface area (Å²) < 4.78 is 41.2. The maximum Gasteiger partial charge on any atom is 0.410 e. The Balaban J connectivity index is 1.59. The van der Waals surface area contributed by atoms with Gasteiger partial charge < -0.3 is 14.4 Å². The highest BCUT2D eigenvalue weighted by molar-refractivity contribution is 7.93. The number of likely N-dealkylation sites (tertiary alicyclic amines) is 2. The molecule has 0 aliphatic carbocycles. The van der Waals surface area contributed by atoms with E-state index in [1.54, 1.807) is 43.3 Å². The number of hydrogen-bond donors (Lipinski definition) is 0. The van der Waals surface area contributed by atoms with Crippen LogP contribution in [0.1, 0.15) is 42.4 Å². The topological polar surface area (TPSA) is 113 Å². The predicted molar refractivity (Wildman–Crippen MR) is 169 cm³/mol. The monoisotopic (exact) mass is 653 g/mol. The van der Waals surface area contributed by atoms with Gasteiger partial charge in [-0.1, -0.05) is 29.8 Å². The molecule has 2 amide bonds. The van der Waals surface area contributed by atoms with Gasteiger partial charge in [0.1, 0.15) is 5.75 Å². The molecule has 2 saturated heterocycles. The van der Waals surface area contributed by atoms with Crippen molar-refractivity contribution in [1.29, 1.82) is 0 Å². The highest BCUT2D eigenvalue weighted by Gasteiger charge is 2.63. The number of nitrogens with zero attached hydrogens (tertiary/aromatic N) is 5. The Hall–Kier alpha value is -3.71. The van der Waals surface area contributed by atoms with E-state index in [-0.39, 0.29) is 10.7 Å². The van der Waals surface area contributed by atoms with E-state index >= 15 is 4.79 Å². The van der Waals surface area contributed by atoms with E-state index in [2.05, 4.69) is 9.88 Å². The van der Waals surface area contributed by atoms with Crippen LogP contribution in [0.4, 0.5) is 10.5 Å². The second-order valence-corrected chi connectivity index (χ2v) is 13.9. The van der Waals surface area contributed by atoms with Crippen molar-refractivity contribution in [3.63, 3.8) is 0 Å². The summed E-state index contributed by atoms with van der Waals surface area (Å²) in [6, 6.07) is 14.9. The Morgan fingerprint density at radius 2 is 1.82 bits per heavy atom. The Morgan fingerprint density at radius 3 is 2.51 bits per heavy atom. The van der Waals surface area contributed by atoms with Crippen molar-refractivity contribution < 1.29 is 27.5 Å². The van der Waals surface area contributed by atoms with Crippen LogP contribution in [-0.4, -0.2) is 87.2 Å². The van der Waals surface area contributed by atoms with E-state index in [0.29, 0.717) is 47.8 Å². The number of fused-ring (bicyclic) bond motifs is 1. The zero-order valence-corrected chi connectivity index (χ0v) is 27.1. The molecule has 1 unspecified atom stereocenters. The summed E-state index contributed by atoms with van der Waals surface area (Å²) >= 11 is 6.59. The molecule has 13 heteroatoms. The van der Waals surface area contributed by atoms with Crippen molar-refractivity contribution in [3.8, 4) is 5.75 Å². The van der Waals surface area contributed by atoms with E-state index in [1.165, 1.54) is 30.3 Å². The molecule has 3 aliphatic heterocycles. The summed E-state index contributed by atoms with van der Waals surface area (Å²) in [5.41, 5.74) is 0.142. The third-order valence-electron chi connectivity index (χ3n) is 8.69. The minimum Gasteiger partial charge on any atom is -0.496 e. The smallest absolute Gasteiger partial charge is 0.410 e. The summed E-state index contributed by atoms with van der Waals surface area (Å²) in [6.45, 7) is 3.06. The van der Waals surface area contributed by atoms with Crippen LogP contribution >= 0.6 is 11.6 Å². The van der Waals surface area contributed by atoms with Crippen molar-refractivity contribution in [3.05, 3.63) is 82.5 Å². The second-order valence-electron chi connectivity index (χ2n) is 11.7. The quantitative estimate of drug-likeness (QED) is 0.348. The number of carbonyl (C=O) groups excluding carboxylic acids is 2. The fourth-order valence-corrected chi connectivity index (χ4v) is 8.24. The van der Waals surface area contributed by atoms with Crippen LogP contribution in [-0.2, 0) is 31.6 Å². The Morgan fingerprint density at radius 1 is 1.04 bits per heavy atom. The van der Waals surface area contributed by atoms with Gasteiger partial charge in [-0.25, -0.2) is 14.7 Å². The Bertz CT molecular complexity index is 1720. The highest BCUT2D eigenvalue weighted by atomic mass is 35.5. The third-order valence-corrected chi connectivity index (χ3v) is 10.5. The molecule has 3 aromatic rings. The summed E-state index contributed by atoms with van der Waals surface area (Å²) in [5, 5.41) is 0.0358. The lowest BCUT2D eigenvalue weighted by atomic mass is 9.81. The number of rotatable bonds is 8. The van der Waals surface area contributed by atoms with E-state index in [1.807, 2.05) is 18.2 Å². The van der Waals surface area contributed by atoms with Gasteiger partial charge in [0.2, 0.25) is 0 Å². The number of methoxy groups -OCH3 is 1. The lowest BCUT2D eigenvalue weighted by Gasteiger charge is -2.41. The number of pyridine rings is 1. The first-order valence-electron chi connectivity index (χ1n) is 14.9. The van der Waals surface area contributed by atoms with Gasteiger partial charge in [0, 0.05) is 49.5 Å². The fraction of sp³-hybridized carbons (Fsp3) is 0.406. The van der Waals surface area contributed by atoms with Crippen LogP contribution in [0.25, 0.3) is 0 Å². The van der Waals surface area contributed by atoms with Gasteiger partial charge in [-0.15, -0.1) is 0 Å². The molecular formula is C32H36ClN5O6S. The molecule has 2 fully saturated rings. The number of halogens is 1. The second kappa shape index (κ2) is 12.2. The molecule has 0 bridgehead atoms. The summed E-state index contributed by atoms with van der Waals surface area (Å²) in [5.74, 6) is -0.351. The molecule has 238 valence electrons. The molecule has 2 aromatic carbocycles. The van der Waals surface area contributed by atoms with Crippen molar-refractivity contribution in [1.82, 2.24) is 19.7 Å². The van der Waals surface area contributed by atoms with Gasteiger partial charge in [0.25, 0.3) is 15.9 Å². The maximum absolute atomic E-state index is 15.2. The lowest BCUT2D eigenvalue weighted by Crippen LogP contribution is -2.57. The molecule has 2 atom stereocenters. The highest BCUT2D eigenvalue weighted by Crippen LogP contribution is 2.55. The summed E-state index contributed by atoms with van der Waals surface area (Å²) in [6.07, 6.45) is 3.26. The van der Waals surface area contributed by atoms with E-state index in [0.717, 1.165) is 35.8 Å². The summed E-state index contributed by atoms with van der Waals surface area (Å²) in [7, 11) is 0.207. The first kappa shape index (κ1) is 31.3. The number of amides is 2. The van der Waals surface area contributed by atoms with E-state index in [4.69, 9.17) is 21.1 Å². The normalized spacial score (nSPS) is 22.1. The fourth-order valence-electron chi connectivity index (χ4n) is 6.67. The molecule has 6 rings (SSSR count). The number of anilines is 1. The molecule has 0 N–H and O–H groups in total. The Kier molecular flexibility index (Phi) is 8.51. The number of carbonyl (C=O) groups is 2. The van der Waals surface area contributed by atoms with Crippen LogP contribution in [0.3, 0.4) is 0 Å². The van der Waals surface area contributed by atoms with Crippen molar-refractivity contribution in [2.75, 3.05) is 45.1 Å². The first-order chi connectivity index (χ1) is 21.6. The van der Waals surface area contributed by atoms with Crippen LogP contribution in [0, 0.1) is 0 Å². The standard InChI is InChI=1S/C32H36ClN5O6S/c1-35(2)31(40)44-29-10-8-18-37(29)32(24-13-11-22(19-27(24)43-3)21-36-16-6-7-17-36)25-20-23(33)12-14-26(25)38(30(32)39)45(41,42)28-9-4-5-15-34-28/h4-5,9,11-15,19-20,29H,6-8,10,16-18,21H2,1-3H3/t29-,32?/m0/s1.